The standard InChI is InChI=1S/C9H9NO5/c1-14-6-15-9(11)7-4-2-3-5-8(7)10(12)13/h2-5H,6H2,1H3. The second-order valence-corrected chi connectivity index (χ2v) is 2.61. The van der Waals surface area contributed by atoms with Crippen molar-refractivity contribution in [1.82, 2.24) is 0 Å². The van der Waals surface area contributed by atoms with E-state index in [1.165, 1.54) is 31.4 Å². The summed E-state index contributed by atoms with van der Waals surface area (Å²) in [5, 5.41) is 10.6. The molecule has 0 saturated heterocycles. The van der Waals surface area contributed by atoms with Crippen molar-refractivity contribution in [2.45, 2.75) is 0 Å². The van der Waals surface area contributed by atoms with Gasteiger partial charge >= 0.3 is 5.97 Å². The first-order chi connectivity index (χ1) is 7.16. The van der Waals surface area contributed by atoms with Gasteiger partial charge in [0.05, 0.1) is 4.92 Å². The van der Waals surface area contributed by atoms with E-state index in [-0.39, 0.29) is 18.0 Å². The fourth-order valence-electron chi connectivity index (χ4n) is 0.996. The van der Waals surface area contributed by atoms with Gasteiger partial charge in [0.15, 0.2) is 6.79 Å². The molecule has 0 aliphatic carbocycles. The van der Waals surface area contributed by atoms with Gasteiger partial charge in [0.1, 0.15) is 5.56 Å². The number of para-hydroxylation sites is 1. The van der Waals surface area contributed by atoms with Crippen molar-refractivity contribution in [3.8, 4) is 0 Å². The van der Waals surface area contributed by atoms with E-state index in [2.05, 4.69) is 9.47 Å². The highest BCUT2D eigenvalue weighted by atomic mass is 16.7. The molecule has 1 aromatic carbocycles. The maximum atomic E-state index is 11.3. The van der Waals surface area contributed by atoms with Gasteiger partial charge in [0.25, 0.3) is 5.69 Å². The Morgan fingerprint density at radius 2 is 2.13 bits per heavy atom. The van der Waals surface area contributed by atoms with Crippen molar-refractivity contribution in [2.75, 3.05) is 13.9 Å². The van der Waals surface area contributed by atoms with Crippen molar-refractivity contribution in [3.63, 3.8) is 0 Å². The maximum Gasteiger partial charge on any atom is 0.347 e. The molecule has 0 heterocycles. The molecular formula is C9H9NO5. The molecule has 0 fully saturated rings. The fourth-order valence-corrected chi connectivity index (χ4v) is 0.996. The molecule has 80 valence electrons. The van der Waals surface area contributed by atoms with Crippen molar-refractivity contribution < 1.29 is 19.2 Å². The lowest BCUT2D eigenvalue weighted by Gasteiger charge is -2.03. The summed E-state index contributed by atoms with van der Waals surface area (Å²) in [5.74, 6) is -0.774. The van der Waals surface area contributed by atoms with Crippen LogP contribution in [-0.4, -0.2) is 24.8 Å². The Kier molecular flexibility index (Phi) is 3.75. The van der Waals surface area contributed by atoms with Crippen LogP contribution >= 0.6 is 0 Å². The Morgan fingerprint density at radius 1 is 1.47 bits per heavy atom. The normalized spacial score (nSPS) is 9.67. The molecule has 0 radical (unpaired) electrons. The van der Waals surface area contributed by atoms with Crippen LogP contribution in [0.3, 0.4) is 0 Å². The first-order valence-electron chi connectivity index (χ1n) is 4.06. The SMILES string of the molecule is COCOC(=O)c1ccccc1[N+](=O)[O-]. The molecule has 0 aliphatic heterocycles. The van der Waals surface area contributed by atoms with Crippen molar-refractivity contribution >= 4 is 11.7 Å². The molecule has 15 heavy (non-hydrogen) atoms. The molecule has 0 N–H and O–H groups in total. The summed E-state index contributed by atoms with van der Waals surface area (Å²) in [5.41, 5.74) is -0.363. The molecule has 0 spiro atoms. The summed E-state index contributed by atoms with van der Waals surface area (Å²) in [6.45, 7) is -0.231. The molecular weight excluding hydrogens is 202 g/mol. The average Bonchev–Trinajstić information content (AvgIpc) is 2.25. The third-order valence-electron chi connectivity index (χ3n) is 1.63. The lowest BCUT2D eigenvalue weighted by atomic mass is 10.2. The average molecular weight is 211 g/mol. The number of rotatable bonds is 4. The van der Waals surface area contributed by atoms with Crippen LogP contribution in [-0.2, 0) is 9.47 Å². The minimum atomic E-state index is -0.774. The second-order valence-electron chi connectivity index (χ2n) is 2.61. The number of carbonyl (C=O) groups is 1. The number of nitro groups is 1. The van der Waals surface area contributed by atoms with Gasteiger partial charge in [-0.15, -0.1) is 0 Å². The molecule has 1 aromatic rings. The second kappa shape index (κ2) is 5.06. The Bertz CT molecular complexity index is 377. The van der Waals surface area contributed by atoms with E-state index in [4.69, 9.17) is 0 Å². The van der Waals surface area contributed by atoms with E-state index >= 15 is 0 Å². The smallest absolute Gasteiger partial charge is 0.347 e. The fraction of sp³-hybridized carbons (Fsp3) is 0.222. The Balaban J connectivity index is 2.92. The third kappa shape index (κ3) is 2.75. The van der Waals surface area contributed by atoms with Crippen molar-refractivity contribution in [1.29, 1.82) is 0 Å². The third-order valence-corrected chi connectivity index (χ3v) is 1.63. The number of hydrogen-bond acceptors (Lipinski definition) is 5. The van der Waals surface area contributed by atoms with Gasteiger partial charge in [-0.2, -0.15) is 0 Å². The van der Waals surface area contributed by atoms with Gasteiger partial charge in [-0.25, -0.2) is 4.79 Å². The lowest BCUT2D eigenvalue weighted by Crippen LogP contribution is -2.09. The largest absolute Gasteiger partial charge is 0.435 e. The minimum absolute atomic E-state index is 0.0837. The number of nitrogens with zero attached hydrogens (tertiary/aromatic N) is 1. The highest BCUT2D eigenvalue weighted by molar-refractivity contribution is 5.93. The molecule has 1 rings (SSSR count). The van der Waals surface area contributed by atoms with Crippen LogP contribution in [0.5, 0.6) is 0 Å². The maximum absolute atomic E-state index is 11.3. The molecule has 0 bridgehead atoms. The first kappa shape index (κ1) is 11.1. The zero-order valence-electron chi connectivity index (χ0n) is 8.00. The molecule has 6 nitrogen and oxygen atoms in total. The van der Waals surface area contributed by atoms with Gasteiger partial charge in [-0.3, -0.25) is 10.1 Å². The first-order valence-corrected chi connectivity index (χ1v) is 4.06. The zero-order valence-corrected chi connectivity index (χ0v) is 8.00. The van der Waals surface area contributed by atoms with Crippen LogP contribution in [0.1, 0.15) is 10.4 Å². The number of nitro benzene ring substituents is 1. The van der Waals surface area contributed by atoms with Crippen LogP contribution < -0.4 is 0 Å². The Hall–Kier alpha value is -1.95. The van der Waals surface area contributed by atoms with Crippen LogP contribution in [0.4, 0.5) is 5.69 Å². The number of hydrogen-bond donors (Lipinski definition) is 0. The van der Waals surface area contributed by atoms with E-state index < -0.39 is 10.9 Å². The van der Waals surface area contributed by atoms with Crippen LogP contribution in [0.15, 0.2) is 24.3 Å². The van der Waals surface area contributed by atoms with Crippen LogP contribution in [0, 0.1) is 10.1 Å². The molecule has 0 aliphatic rings. The molecule has 0 saturated carbocycles. The summed E-state index contributed by atoms with van der Waals surface area (Å²) in [6, 6.07) is 5.57. The van der Waals surface area contributed by atoms with Gasteiger partial charge in [0.2, 0.25) is 0 Å². The summed E-state index contributed by atoms with van der Waals surface area (Å²) in [7, 11) is 1.35. The monoisotopic (exact) mass is 211 g/mol. The number of ether oxygens (including phenoxy) is 2. The van der Waals surface area contributed by atoms with Gasteiger partial charge in [0, 0.05) is 13.2 Å². The van der Waals surface area contributed by atoms with Crippen molar-refractivity contribution in [3.05, 3.63) is 39.9 Å². The van der Waals surface area contributed by atoms with Crippen LogP contribution in [0.25, 0.3) is 0 Å². The number of esters is 1. The topological polar surface area (TPSA) is 78.7 Å². The number of benzene rings is 1. The predicted octanol–water partition coefficient (Wildman–Crippen LogP) is 1.36. The Labute approximate surface area is 85.6 Å². The van der Waals surface area contributed by atoms with Gasteiger partial charge in [-0.05, 0) is 6.07 Å². The number of methoxy groups -OCH3 is 1. The molecule has 0 aromatic heterocycles. The summed E-state index contributed by atoms with van der Waals surface area (Å²) in [4.78, 5) is 21.3. The molecule has 0 atom stereocenters. The number of carbonyl (C=O) groups excluding carboxylic acids is 1. The quantitative estimate of drug-likeness (QED) is 0.325. The summed E-state index contributed by atoms with van der Waals surface area (Å²) in [6.07, 6.45) is 0. The van der Waals surface area contributed by atoms with E-state index in [1.807, 2.05) is 0 Å². The van der Waals surface area contributed by atoms with E-state index in [9.17, 15) is 14.9 Å². The van der Waals surface area contributed by atoms with E-state index in [1.54, 1.807) is 0 Å². The van der Waals surface area contributed by atoms with Gasteiger partial charge < -0.3 is 9.47 Å². The predicted molar refractivity (Wildman–Crippen MR) is 50.4 cm³/mol. The summed E-state index contributed by atoms with van der Waals surface area (Å²) < 4.78 is 9.12. The highest BCUT2D eigenvalue weighted by Crippen LogP contribution is 2.18. The van der Waals surface area contributed by atoms with E-state index in [0.717, 1.165) is 0 Å². The zero-order chi connectivity index (χ0) is 11.3. The lowest BCUT2D eigenvalue weighted by molar-refractivity contribution is -0.385. The highest BCUT2D eigenvalue weighted by Gasteiger charge is 2.19. The summed E-state index contributed by atoms with van der Waals surface area (Å²) >= 11 is 0. The van der Waals surface area contributed by atoms with E-state index in [0.29, 0.717) is 0 Å². The minimum Gasteiger partial charge on any atom is -0.435 e. The molecule has 0 amide bonds. The molecule has 6 heteroatoms. The van der Waals surface area contributed by atoms with Gasteiger partial charge in [-0.1, -0.05) is 12.1 Å². The van der Waals surface area contributed by atoms with Crippen molar-refractivity contribution in [2.24, 2.45) is 0 Å². The Morgan fingerprint density at radius 3 is 2.73 bits per heavy atom. The molecule has 0 unspecified atom stereocenters. The van der Waals surface area contributed by atoms with Crippen LogP contribution in [0.2, 0.25) is 0 Å².